The monoisotopic (exact) mass is 358 g/mol. The van der Waals surface area contributed by atoms with Crippen LogP contribution in [0, 0.1) is 0 Å². The van der Waals surface area contributed by atoms with E-state index in [1.165, 1.54) is 6.92 Å². The first-order valence-electron chi connectivity index (χ1n) is 8.87. The summed E-state index contributed by atoms with van der Waals surface area (Å²) in [6.07, 6.45) is 3.32. The average Bonchev–Trinajstić information content (AvgIpc) is 2.71. The molecule has 0 saturated heterocycles. The molecule has 0 aromatic heterocycles. The van der Waals surface area contributed by atoms with E-state index in [1.54, 1.807) is 12.2 Å². The highest BCUT2D eigenvalue weighted by atomic mass is 16.5. The third kappa shape index (κ3) is 5.86. The van der Waals surface area contributed by atoms with E-state index in [9.17, 15) is 4.79 Å². The van der Waals surface area contributed by atoms with E-state index in [2.05, 4.69) is 0 Å². The van der Waals surface area contributed by atoms with Gasteiger partial charge in [0.05, 0.1) is 0 Å². The second-order valence-corrected chi connectivity index (χ2v) is 6.20. The second-order valence-electron chi connectivity index (χ2n) is 6.20. The van der Waals surface area contributed by atoms with Crippen LogP contribution in [0.4, 0.5) is 0 Å². The van der Waals surface area contributed by atoms with E-state index in [1.807, 2.05) is 78.9 Å². The van der Waals surface area contributed by atoms with Gasteiger partial charge in [0.1, 0.15) is 13.2 Å². The summed E-state index contributed by atoms with van der Waals surface area (Å²) in [6.45, 7) is 2.44. The van der Waals surface area contributed by atoms with Crippen molar-refractivity contribution in [2.45, 2.75) is 20.1 Å². The van der Waals surface area contributed by atoms with Crippen molar-refractivity contribution in [2.24, 2.45) is 0 Å². The largest absolute Gasteiger partial charge is 0.485 e. The van der Waals surface area contributed by atoms with Gasteiger partial charge in [-0.2, -0.15) is 0 Å². The molecule has 0 amide bonds. The number of hydrogen-bond donors (Lipinski definition) is 0. The van der Waals surface area contributed by atoms with Crippen molar-refractivity contribution >= 4 is 11.9 Å². The topological polar surface area (TPSA) is 35.5 Å². The van der Waals surface area contributed by atoms with Crippen molar-refractivity contribution in [1.29, 1.82) is 0 Å². The number of ketones is 1. The number of carbonyl (C=O) groups excluding carboxylic acids is 1. The number of ether oxygens (including phenoxy) is 2. The molecule has 0 unspecified atom stereocenters. The smallest absolute Gasteiger partial charge is 0.162 e. The highest BCUT2D eigenvalue weighted by Gasteiger charge is 2.07. The fourth-order valence-electron chi connectivity index (χ4n) is 2.54. The molecule has 3 heteroatoms. The van der Waals surface area contributed by atoms with Crippen LogP contribution in [-0.4, -0.2) is 5.78 Å². The molecule has 0 saturated carbocycles. The summed E-state index contributed by atoms with van der Waals surface area (Å²) in [4.78, 5) is 11.2. The van der Waals surface area contributed by atoms with Gasteiger partial charge in [0, 0.05) is 0 Å². The third-order valence-electron chi connectivity index (χ3n) is 3.95. The van der Waals surface area contributed by atoms with Gasteiger partial charge in [0.25, 0.3) is 0 Å². The Kier molecular flexibility index (Phi) is 6.42. The molecule has 0 radical (unpaired) electrons. The quantitative estimate of drug-likeness (QED) is 0.503. The summed E-state index contributed by atoms with van der Waals surface area (Å²) in [5.41, 5.74) is 3.06. The molecule has 0 aliphatic carbocycles. The van der Waals surface area contributed by atoms with Gasteiger partial charge in [-0.25, -0.2) is 0 Å². The molecule has 0 atom stereocenters. The van der Waals surface area contributed by atoms with Crippen LogP contribution in [0.2, 0.25) is 0 Å². The first-order valence-corrected chi connectivity index (χ1v) is 8.87. The minimum Gasteiger partial charge on any atom is -0.485 e. The Hall–Kier alpha value is -3.33. The Morgan fingerprint density at radius 3 is 1.89 bits per heavy atom. The predicted octanol–water partition coefficient (Wildman–Crippen LogP) is 5.45. The Bertz CT molecular complexity index is 899. The Balaban J connectivity index is 1.78. The lowest BCUT2D eigenvalue weighted by atomic mass is 10.1. The zero-order valence-corrected chi connectivity index (χ0v) is 15.3. The Labute approximate surface area is 159 Å². The molecule has 0 aliphatic heterocycles. The first kappa shape index (κ1) is 18.5. The minimum absolute atomic E-state index is 0.00570. The van der Waals surface area contributed by atoms with Crippen LogP contribution in [0.3, 0.4) is 0 Å². The van der Waals surface area contributed by atoms with Crippen molar-refractivity contribution in [2.75, 3.05) is 0 Å². The first-order chi connectivity index (χ1) is 13.2. The molecule has 0 spiro atoms. The van der Waals surface area contributed by atoms with Crippen molar-refractivity contribution in [3.63, 3.8) is 0 Å². The van der Waals surface area contributed by atoms with Crippen molar-refractivity contribution in [3.05, 3.63) is 102 Å². The third-order valence-corrected chi connectivity index (χ3v) is 3.95. The number of allylic oxidation sites excluding steroid dienone is 1. The molecular formula is C24H22O3. The van der Waals surface area contributed by atoms with Gasteiger partial charge in [-0.15, -0.1) is 0 Å². The zero-order valence-electron chi connectivity index (χ0n) is 15.3. The van der Waals surface area contributed by atoms with Crippen molar-refractivity contribution < 1.29 is 14.3 Å². The SMILES string of the molecule is CC(=O)/C=C/c1ccc(OCc2ccccc2)c(OCc2ccccc2)c1. The molecule has 0 aliphatic rings. The normalized spacial score (nSPS) is 10.7. The molecule has 3 nitrogen and oxygen atoms in total. The van der Waals surface area contributed by atoms with E-state index in [-0.39, 0.29) is 5.78 Å². The maximum atomic E-state index is 11.2. The second kappa shape index (κ2) is 9.39. The van der Waals surface area contributed by atoms with Crippen LogP contribution in [0.15, 0.2) is 84.9 Å². The van der Waals surface area contributed by atoms with E-state index in [0.29, 0.717) is 24.7 Å². The van der Waals surface area contributed by atoms with Crippen LogP contribution >= 0.6 is 0 Å². The lowest BCUT2D eigenvalue weighted by Gasteiger charge is -2.14. The van der Waals surface area contributed by atoms with E-state index in [4.69, 9.17) is 9.47 Å². The maximum absolute atomic E-state index is 11.2. The molecule has 3 rings (SSSR count). The number of carbonyl (C=O) groups is 1. The highest BCUT2D eigenvalue weighted by Crippen LogP contribution is 2.30. The zero-order chi connectivity index (χ0) is 18.9. The van der Waals surface area contributed by atoms with Crippen LogP contribution in [-0.2, 0) is 18.0 Å². The summed E-state index contributed by atoms with van der Waals surface area (Å²) >= 11 is 0. The van der Waals surface area contributed by atoms with Gasteiger partial charge in [-0.3, -0.25) is 4.79 Å². The lowest BCUT2D eigenvalue weighted by Crippen LogP contribution is -2.01. The summed E-state index contributed by atoms with van der Waals surface area (Å²) in [5, 5.41) is 0. The molecule has 136 valence electrons. The molecule has 0 bridgehead atoms. The van der Waals surface area contributed by atoms with Crippen LogP contribution in [0.5, 0.6) is 11.5 Å². The van der Waals surface area contributed by atoms with E-state index < -0.39 is 0 Å². The molecule has 3 aromatic rings. The van der Waals surface area contributed by atoms with Gasteiger partial charge in [0.2, 0.25) is 0 Å². The Morgan fingerprint density at radius 1 is 0.778 bits per heavy atom. The maximum Gasteiger partial charge on any atom is 0.162 e. The van der Waals surface area contributed by atoms with Gasteiger partial charge >= 0.3 is 0 Å². The molecule has 27 heavy (non-hydrogen) atoms. The van der Waals surface area contributed by atoms with Crippen molar-refractivity contribution in [1.82, 2.24) is 0 Å². The fourth-order valence-corrected chi connectivity index (χ4v) is 2.54. The number of hydrogen-bond acceptors (Lipinski definition) is 3. The standard InChI is InChI=1S/C24H22O3/c1-19(25)12-13-20-14-15-23(26-17-21-8-4-2-5-9-21)24(16-20)27-18-22-10-6-3-7-11-22/h2-16H,17-18H2,1H3/b13-12+. The molecule has 0 N–H and O–H groups in total. The van der Waals surface area contributed by atoms with Gasteiger partial charge < -0.3 is 9.47 Å². The van der Waals surface area contributed by atoms with Gasteiger partial charge in [0.15, 0.2) is 17.3 Å². The summed E-state index contributed by atoms with van der Waals surface area (Å²) in [7, 11) is 0. The minimum atomic E-state index is 0.00570. The molecule has 0 fully saturated rings. The Morgan fingerprint density at radius 2 is 1.33 bits per heavy atom. The molecule has 0 heterocycles. The van der Waals surface area contributed by atoms with Crippen LogP contribution in [0.25, 0.3) is 6.08 Å². The number of rotatable bonds is 8. The summed E-state index contributed by atoms with van der Waals surface area (Å²) in [6, 6.07) is 25.7. The van der Waals surface area contributed by atoms with Crippen LogP contribution < -0.4 is 9.47 Å². The van der Waals surface area contributed by atoms with Crippen molar-refractivity contribution in [3.8, 4) is 11.5 Å². The molecule has 3 aromatic carbocycles. The van der Waals surface area contributed by atoms with E-state index >= 15 is 0 Å². The summed E-state index contributed by atoms with van der Waals surface area (Å²) in [5.74, 6) is 1.33. The highest BCUT2D eigenvalue weighted by molar-refractivity contribution is 5.91. The van der Waals surface area contributed by atoms with E-state index in [0.717, 1.165) is 16.7 Å². The molecular weight excluding hydrogens is 336 g/mol. The predicted molar refractivity (Wildman–Crippen MR) is 108 cm³/mol. The summed E-state index contributed by atoms with van der Waals surface area (Å²) < 4.78 is 12.0. The van der Waals surface area contributed by atoms with Gasteiger partial charge in [-0.05, 0) is 41.8 Å². The van der Waals surface area contributed by atoms with Crippen LogP contribution in [0.1, 0.15) is 23.6 Å². The number of benzene rings is 3. The average molecular weight is 358 g/mol. The lowest BCUT2D eigenvalue weighted by molar-refractivity contribution is -0.112. The fraction of sp³-hybridized carbons (Fsp3) is 0.125. The van der Waals surface area contributed by atoms with Gasteiger partial charge in [-0.1, -0.05) is 72.8 Å².